The molecule has 1 rings (SSSR count). The van der Waals surface area contributed by atoms with Gasteiger partial charge in [-0.15, -0.1) is 0 Å². The second kappa shape index (κ2) is 7.00. The Hall–Kier alpha value is -1.19. The van der Waals surface area contributed by atoms with E-state index in [-0.39, 0.29) is 9.21 Å². The number of rotatable bonds is 5. The molecule has 0 unspecified atom stereocenters. The summed E-state index contributed by atoms with van der Waals surface area (Å²) in [5.74, 6) is -32.5. The maximum atomic E-state index is 13.5. The Balaban J connectivity index is 3.31. The molecular formula is C11H3Br2F11N2O. The van der Waals surface area contributed by atoms with E-state index < -0.39 is 41.5 Å². The van der Waals surface area contributed by atoms with Gasteiger partial charge in [0.15, 0.2) is 0 Å². The molecule has 0 atom stereocenters. The van der Waals surface area contributed by atoms with Gasteiger partial charge in [0.25, 0.3) is 0 Å². The molecule has 0 radical (unpaired) electrons. The number of aromatic nitrogens is 1. The van der Waals surface area contributed by atoms with Crippen molar-refractivity contribution in [1.82, 2.24) is 4.98 Å². The van der Waals surface area contributed by atoms with Crippen LogP contribution in [0.5, 0.6) is 0 Å². The van der Waals surface area contributed by atoms with Gasteiger partial charge >= 0.3 is 35.8 Å². The van der Waals surface area contributed by atoms with Gasteiger partial charge in [-0.2, -0.15) is 48.3 Å². The number of hydrogen-bond donors (Lipinski definition) is 1. The quantitative estimate of drug-likeness (QED) is 0.382. The highest BCUT2D eigenvalue weighted by Crippen LogP contribution is 2.57. The first-order valence-corrected chi connectivity index (χ1v) is 7.60. The van der Waals surface area contributed by atoms with Gasteiger partial charge < -0.3 is 5.32 Å². The van der Waals surface area contributed by atoms with Crippen molar-refractivity contribution in [2.45, 2.75) is 29.9 Å². The normalized spacial score (nSPS) is 14.3. The number of hydrogen-bond acceptors (Lipinski definition) is 2. The number of anilines is 1. The molecule has 1 heterocycles. The van der Waals surface area contributed by atoms with Crippen LogP contribution in [0.4, 0.5) is 54.0 Å². The SMILES string of the molecule is O=C(Nc1cc(Br)nc(Br)c1)C(F)(F)C(F)(F)C(F)(F)C(F)(F)C(F)(F)F. The second-order valence-electron chi connectivity index (χ2n) is 4.75. The summed E-state index contributed by atoms with van der Waals surface area (Å²) in [6.45, 7) is 0. The van der Waals surface area contributed by atoms with Crippen molar-refractivity contribution in [2.75, 3.05) is 5.32 Å². The second-order valence-corrected chi connectivity index (χ2v) is 6.38. The highest BCUT2D eigenvalue weighted by molar-refractivity contribution is 9.11. The molecule has 0 aliphatic carbocycles. The van der Waals surface area contributed by atoms with Crippen molar-refractivity contribution in [3.05, 3.63) is 21.3 Å². The van der Waals surface area contributed by atoms with Gasteiger partial charge in [0.1, 0.15) is 9.21 Å². The van der Waals surface area contributed by atoms with E-state index in [0.717, 1.165) is 17.4 Å². The molecule has 1 N–H and O–H groups in total. The third-order valence-corrected chi connectivity index (χ3v) is 3.66. The van der Waals surface area contributed by atoms with E-state index in [1.54, 1.807) is 0 Å². The molecule has 0 saturated carbocycles. The van der Waals surface area contributed by atoms with Gasteiger partial charge in [0.2, 0.25) is 0 Å². The Morgan fingerprint density at radius 3 is 1.56 bits per heavy atom. The van der Waals surface area contributed by atoms with Crippen molar-refractivity contribution in [3.63, 3.8) is 0 Å². The molecular weight excluding hydrogens is 545 g/mol. The summed E-state index contributed by atoms with van der Waals surface area (Å²) in [6, 6.07) is 1.44. The van der Waals surface area contributed by atoms with E-state index in [4.69, 9.17) is 0 Å². The van der Waals surface area contributed by atoms with Crippen molar-refractivity contribution in [1.29, 1.82) is 0 Å². The van der Waals surface area contributed by atoms with Crippen LogP contribution in [0.15, 0.2) is 21.3 Å². The zero-order valence-corrected chi connectivity index (χ0v) is 15.1. The lowest BCUT2D eigenvalue weighted by molar-refractivity contribution is -0.416. The molecule has 0 fully saturated rings. The number of carbonyl (C=O) groups is 1. The van der Waals surface area contributed by atoms with Crippen LogP contribution in [0.2, 0.25) is 0 Å². The lowest BCUT2D eigenvalue weighted by atomic mass is 9.97. The zero-order chi connectivity index (χ0) is 21.6. The molecule has 3 nitrogen and oxygen atoms in total. The van der Waals surface area contributed by atoms with Crippen LogP contribution in [-0.4, -0.2) is 40.8 Å². The van der Waals surface area contributed by atoms with Gasteiger partial charge in [-0.25, -0.2) is 4.98 Å². The molecule has 16 heteroatoms. The molecule has 0 aromatic carbocycles. The molecule has 0 saturated heterocycles. The Labute approximate surface area is 158 Å². The summed E-state index contributed by atoms with van der Waals surface area (Å²) >= 11 is 5.40. The van der Waals surface area contributed by atoms with E-state index in [1.165, 1.54) is 0 Å². The summed E-state index contributed by atoms with van der Waals surface area (Å²) < 4.78 is 141. The van der Waals surface area contributed by atoms with Crippen molar-refractivity contribution < 1.29 is 53.1 Å². The van der Waals surface area contributed by atoms with Crippen LogP contribution < -0.4 is 5.32 Å². The average Bonchev–Trinajstić information content (AvgIpc) is 2.44. The monoisotopic (exact) mass is 546 g/mol. The van der Waals surface area contributed by atoms with Crippen LogP contribution in [-0.2, 0) is 4.79 Å². The molecule has 154 valence electrons. The summed E-state index contributed by atoms with van der Waals surface area (Å²) in [5.41, 5.74) is -0.741. The number of amides is 1. The number of nitrogens with one attached hydrogen (secondary N) is 1. The first kappa shape index (κ1) is 23.8. The summed E-state index contributed by atoms with van der Waals surface area (Å²) in [4.78, 5) is 14.8. The van der Waals surface area contributed by atoms with Gasteiger partial charge in [-0.05, 0) is 44.0 Å². The Bertz CT molecular complexity index is 715. The highest BCUT2D eigenvalue weighted by atomic mass is 79.9. The number of pyridine rings is 1. The summed E-state index contributed by atoms with van der Waals surface area (Å²) in [7, 11) is 0. The maximum Gasteiger partial charge on any atom is 0.460 e. The Morgan fingerprint density at radius 2 is 1.19 bits per heavy atom. The third-order valence-electron chi connectivity index (χ3n) is 2.84. The third kappa shape index (κ3) is 4.00. The van der Waals surface area contributed by atoms with Crippen molar-refractivity contribution >= 4 is 43.5 Å². The number of halogens is 13. The zero-order valence-electron chi connectivity index (χ0n) is 11.9. The molecule has 0 aliphatic rings. The van der Waals surface area contributed by atoms with E-state index in [9.17, 15) is 53.1 Å². The maximum absolute atomic E-state index is 13.5. The van der Waals surface area contributed by atoms with E-state index in [2.05, 4.69) is 36.8 Å². The van der Waals surface area contributed by atoms with E-state index in [0.29, 0.717) is 0 Å². The van der Waals surface area contributed by atoms with Crippen molar-refractivity contribution in [3.8, 4) is 0 Å². The lowest BCUT2D eigenvalue weighted by Gasteiger charge is -2.36. The molecule has 0 spiro atoms. The molecule has 27 heavy (non-hydrogen) atoms. The fraction of sp³-hybridized carbons (Fsp3) is 0.455. The van der Waals surface area contributed by atoms with E-state index >= 15 is 0 Å². The fourth-order valence-corrected chi connectivity index (χ4v) is 2.57. The minimum atomic E-state index is -7.65. The Morgan fingerprint density at radius 1 is 0.778 bits per heavy atom. The predicted molar refractivity (Wildman–Crippen MR) is 74.1 cm³/mol. The molecule has 1 amide bonds. The van der Waals surface area contributed by atoms with Crippen LogP contribution in [0.1, 0.15) is 0 Å². The topological polar surface area (TPSA) is 42.0 Å². The molecule has 1 aromatic heterocycles. The van der Waals surface area contributed by atoms with Crippen LogP contribution in [0.25, 0.3) is 0 Å². The number of carbonyl (C=O) groups excluding carboxylic acids is 1. The smallest absolute Gasteiger partial charge is 0.320 e. The first-order valence-electron chi connectivity index (χ1n) is 6.01. The van der Waals surface area contributed by atoms with Gasteiger partial charge in [-0.1, -0.05) is 0 Å². The summed E-state index contributed by atoms with van der Waals surface area (Å²) in [5, 5.41) is 1.00. The molecule has 0 bridgehead atoms. The molecule has 0 aliphatic heterocycles. The predicted octanol–water partition coefficient (Wildman–Crippen LogP) is 5.65. The minimum absolute atomic E-state index is 0.170. The fourth-order valence-electron chi connectivity index (χ4n) is 1.46. The first-order chi connectivity index (χ1) is 11.8. The molecule has 1 aromatic rings. The van der Waals surface area contributed by atoms with Crippen LogP contribution >= 0.6 is 31.9 Å². The lowest BCUT2D eigenvalue weighted by Crippen LogP contribution is -2.68. The Kier molecular flexibility index (Phi) is 6.19. The van der Waals surface area contributed by atoms with Gasteiger partial charge in [0, 0.05) is 5.69 Å². The standard InChI is InChI=1S/C11H3Br2F11N2O/c12-4-1-3(2-5(13)26-4)25-6(27)7(14,15)8(16,17)9(18,19)10(20,21)11(22,23)24/h1-2H,(H,25,26,27). The largest absolute Gasteiger partial charge is 0.460 e. The van der Waals surface area contributed by atoms with E-state index in [1.807, 2.05) is 0 Å². The van der Waals surface area contributed by atoms with Crippen LogP contribution in [0, 0.1) is 0 Å². The van der Waals surface area contributed by atoms with Gasteiger partial charge in [0.05, 0.1) is 0 Å². The number of nitrogens with zero attached hydrogens (tertiary/aromatic N) is 1. The van der Waals surface area contributed by atoms with Crippen LogP contribution in [0.3, 0.4) is 0 Å². The van der Waals surface area contributed by atoms with Crippen molar-refractivity contribution in [2.24, 2.45) is 0 Å². The number of alkyl halides is 11. The summed E-state index contributed by atoms with van der Waals surface area (Å²) in [6.07, 6.45) is -7.30. The minimum Gasteiger partial charge on any atom is -0.320 e. The highest BCUT2D eigenvalue weighted by Gasteiger charge is 2.88. The van der Waals surface area contributed by atoms with Gasteiger partial charge in [-0.3, -0.25) is 4.79 Å². The average molecular weight is 548 g/mol.